The van der Waals surface area contributed by atoms with Crippen LogP contribution in [0.5, 0.6) is 0 Å². The molecule has 0 radical (unpaired) electrons. The van der Waals surface area contributed by atoms with E-state index in [0.717, 1.165) is 5.56 Å². The lowest BCUT2D eigenvalue weighted by molar-refractivity contribution is 0.622. The van der Waals surface area contributed by atoms with Gasteiger partial charge in [0.1, 0.15) is 5.82 Å². The first kappa shape index (κ1) is 9.13. The minimum Gasteiger partial charge on any atom is -0.398 e. The van der Waals surface area contributed by atoms with Crippen molar-refractivity contribution in [2.24, 2.45) is 5.73 Å². The Morgan fingerprint density at radius 3 is 2.75 bits per heavy atom. The van der Waals surface area contributed by atoms with Crippen molar-refractivity contribution in [3.63, 3.8) is 0 Å². The molecule has 0 fully saturated rings. The maximum atomic E-state index is 13.1. The Morgan fingerprint density at radius 2 is 2.25 bits per heavy atom. The van der Waals surface area contributed by atoms with Gasteiger partial charge in [0, 0.05) is 11.3 Å². The van der Waals surface area contributed by atoms with E-state index in [9.17, 15) is 4.39 Å². The molecule has 0 atom stereocenters. The van der Waals surface area contributed by atoms with Crippen LogP contribution in [-0.2, 0) is 0 Å². The molecule has 0 saturated heterocycles. The van der Waals surface area contributed by atoms with Crippen LogP contribution in [-0.4, -0.2) is 0 Å². The fourth-order valence-corrected chi connectivity index (χ4v) is 1.06. The van der Waals surface area contributed by atoms with Crippen molar-refractivity contribution in [2.75, 3.05) is 0 Å². The molecule has 0 saturated carbocycles. The van der Waals surface area contributed by atoms with Crippen molar-refractivity contribution in [1.29, 1.82) is 0 Å². The summed E-state index contributed by atoms with van der Waals surface area (Å²) in [5, 5.41) is 1.38. The van der Waals surface area contributed by atoms with E-state index in [4.69, 9.17) is 5.73 Å². The summed E-state index contributed by atoms with van der Waals surface area (Å²) in [4.78, 5) is 0. The molecular weight excluding hydrogens is 173 g/mol. The molecule has 0 aromatic heterocycles. The summed E-state index contributed by atoms with van der Waals surface area (Å²) in [6, 6.07) is 4.90. The lowest BCUT2D eigenvalue weighted by atomic mass is 10.1. The number of hydrogen-bond donors (Lipinski definition) is 2. The molecule has 0 bridgehead atoms. The lowest BCUT2D eigenvalue weighted by Crippen LogP contribution is -1.98. The molecule has 2 N–H and O–H groups in total. The van der Waals surface area contributed by atoms with Gasteiger partial charge in [0.15, 0.2) is 0 Å². The highest BCUT2D eigenvalue weighted by Crippen LogP contribution is 2.15. The normalized spacial score (nSPS) is 11.8. The smallest absolute Gasteiger partial charge is 0.132 e. The molecule has 64 valence electrons. The number of hydrogen-bond acceptors (Lipinski definition) is 2. The van der Waals surface area contributed by atoms with Gasteiger partial charge in [-0.3, -0.25) is 0 Å². The van der Waals surface area contributed by atoms with Crippen molar-refractivity contribution in [3.8, 4) is 0 Å². The first-order valence-corrected chi connectivity index (χ1v) is 4.03. The van der Waals surface area contributed by atoms with Gasteiger partial charge in [-0.05, 0) is 30.0 Å². The summed E-state index contributed by atoms with van der Waals surface area (Å²) < 4.78 is 13.1. The maximum Gasteiger partial charge on any atom is 0.132 e. The van der Waals surface area contributed by atoms with Gasteiger partial charge in [0.05, 0.1) is 0 Å². The van der Waals surface area contributed by atoms with Crippen LogP contribution < -0.4 is 5.73 Å². The van der Waals surface area contributed by atoms with E-state index in [0.29, 0.717) is 11.3 Å². The molecule has 0 aliphatic rings. The monoisotopic (exact) mass is 183 g/mol. The average molecular weight is 183 g/mol. The lowest BCUT2D eigenvalue weighted by Gasteiger charge is -2.02. The van der Waals surface area contributed by atoms with Crippen LogP contribution >= 0.6 is 12.6 Å². The molecule has 1 nitrogen and oxygen atoms in total. The Balaban J connectivity index is 3.18. The summed E-state index contributed by atoms with van der Waals surface area (Å²) in [7, 11) is 0. The Bertz CT molecular complexity index is 320. The average Bonchev–Trinajstić information content (AvgIpc) is 2.03. The van der Waals surface area contributed by atoms with Crippen LogP contribution in [0.2, 0.25) is 0 Å². The van der Waals surface area contributed by atoms with Gasteiger partial charge in [-0.2, -0.15) is 0 Å². The highest BCUT2D eigenvalue weighted by Gasteiger charge is 2.03. The zero-order valence-electron chi connectivity index (χ0n) is 6.71. The Morgan fingerprint density at radius 1 is 1.58 bits per heavy atom. The zero-order chi connectivity index (χ0) is 9.14. The van der Waals surface area contributed by atoms with Gasteiger partial charge >= 0.3 is 0 Å². The molecule has 1 aromatic rings. The molecule has 12 heavy (non-hydrogen) atoms. The van der Waals surface area contributed by atoms with Gasteiger partial charge in [-0.1, -0.05) is 6.07 Å². The molecule has 0 aliphatic heterocycles. The van der Waals surface area contributed by atoms with Gasteiger partial charge < -0.3 is 5.73 Å². The molecule has 1 rings (SSSR count). The second-order valence-corrected chi connectivity index (χ2v) is 2.83. The van der Waals surface area contributed by atoms with E-state index < -0.39 is 0 Å². The van der Waals surface area contributed by atoms with E-state index >= 15 is 0 Å². The van der Waals surface area contributed by atoms with E-state index in [1.165, 1.54) is 11.5 Å². The van der Waals surface area contributed by atoms with Gasteiger partial charge in [-0.25, -0.2) is 4.39 Å². The Labute approximate surface area is 76.5 Å². The van der Waals surface area contributed by atoms with Crippen LogP contribution in [0.3, 0.4) is 0 Å². The summed E-state index contributed by atoms with van der Waals surface area (Å²) in [6.45, 7) is 1.83. The molecule has 0 aliphatic carbocycles. The number of halogens is 1. The van der Waals surface area contributed by atoms with Crippen molar-refractivity contribution < 1.29 is 4.39 Å². The van der Waals surface area contributed by atoms with Crippen molar-refractivity contribution in [3.05, 3.63) is 40.6 Å². The summed E-state index contributed by atoms with van der Waals surface area (Å²) in [5.74, 6) is -0.308. The molecule has 1 aromatic carbocycles. The SMILES string of the molecule is Cc1ccc(/C(N)=C/S)c(F)c1. The largest absolute Gasteiger partial charge is 0.398 e. The maximum absolute atomic E-state index is 13.1. The third-order valence-corrected chi connectivity index (χ3v) is 1.85. The topological polar surface area (TPSA) is 26.0 Å². The van der Waals surface area contributed by atoms with Crippen LogP contribution in [0.15, 0.2) is 23.6 Å². The summed E-state index contributed by atoms with van der Waals surface area (Å²) in [5.41, 5.74) is 7.11. The van der Waals surface area contributed by atoms with E-state index in [2.05, 4.69) is 12.6 Å². The molecule has 0 spiro atoms. The van der Waals surface area contributed by atoms with Crippen molar-refractivity contribution in [2.45, 2.75) is 6.92 Å². The first-order chi connectivity index (χ1) is 5.65. The number of nitrogens with two attached hydrogens (primary N) is 1. The summed E-state index contributed by atoms with van der Waals surface area (Å²) in [6.07, 6.45) is 0. The molecule has 3 heteroatoms. The fourth-order valence-electron chi connectivity index (χ4n) is 0.924. The molecule has 0 unspecified atom stereocenters. The predicted octanol–water partition coefficient (Wildman–Crippen LogP) is 2.32. The van der Waals surface area contributed by atoms with Gasteiger partial charge in [-0.15, -0.1) is 12.6 Å². The third kappa shape index (κ3) is 1.80. The van der Waals surface area contributed by atoms with Crippen LogP contribution in [0, 0.1) is 12.7 Å². The number of thiol groups is 1. The van der Waals surface area contributed by atoms with Crippen LogP contribution in [0.4, 0.5) is 4.39 Å². The molecular formula is C9H10FNS. The third-order valence-electron chi connectivity index (χ3n) is 1.57. The zero-order valence-corrected chi connectivity index (χ0v) is 7.61. The van der Waals surface area contributed by atoms with Crippen molar-refractivity contribution >= 4 is 18.3 Å². The first-order valence-electron chi connectivity index (χ1n) is 3.51. The quantitative estimate of drug-likeness (QED) is 0.642. The standard InChI is InChI=1S/C9H10FNS/c1-6-2-3-7(8(10)4-6)9(11)5-12/h2-5,12H,11H2,1H3/b9-5-. The predicted molar refractivity (Wildman–Crippen MR) is 52.3 cm³/mol. The molecule has 0 amide bonds. The number of aryl methyl sites for hydroxylation is 1. The van der Waals surface area contributed by atoms with Gasteiger partial charge in [0.2, 0.25) is 0 Å². The van der Waals surface area contributed by atoms with Gasteiger partial charge in [0.25, 0.3) is 0 Å². The van der Waals surface area contributed by atoms with Crippen LogP contribution in [0.25, 0.3) is 5.70 Å². The highest BCUT2D eigenvalue weighted by molar-refractivity contribution is 7.83. The Kier molecular flexibility index (Phi) is 2.76. The second-order valence-electron chi connectivity index (χ2n) is 2.57. The van der Waals surface area contributed by atoms with E-state index in [1.807, 2.05) is 13.0 Å². The Hall–Kier alpha value is -0.960. The minimum absolute atomic E-state index is 0.308. The van der Waals surface area contributed by atoms with Crippen LogP contribution in [0.1, 0.15) is 11.1 Å². The minimum atomic E-state index is -0.308. The summed E-state index contributed by atoms with van der Waals surface area (Å²) >= 11 is 3.85. The van der Waals surface area contributed by atoms with E-state index in [1.54, 1.807) is 6.07 Å². The second kappa shape index (κ2) is 3.63. The van der Waals surface area contributed by atoms with Crippen molar-refractivity contribution in [1.82, 2.24) is 0 Å². The fraction of sp³-hybridized carbons (Fsp3) is 0.111. The molecule has 0 heterocycles. The van der Waals surface area contributed by atoms with E-state index in [-0.39, 0.29) is 5.82 Å². The highest BCUT2D eigenvalue weighted by atomic mass is 32.1. The number of rotatable bonds is 1. The number of benzene rings is 1.